The van der Waals surface area contributed by atoms with Gasteiger partial charge in [0.2, 0.25) is 0 Å². The number of aromatic hydroxyl groups is 1. The Balaban J connectivity index is 1.41. The molecule has 0 saturated heterocycles. The second-order valence-corrected chi connectivity index (χ2v) is 7.58. The number of phenolic OH excluding ortho intramolecular Hbond substituents is 1. The third kappa shape index (κ3) is 5.67. The summed E-state index contributed by atoms with van der Waals surface area (Å²) in [6, 6.07) is 9.69. The number of para-hydroxylation sites is 1. The molecule has 2 aromatic rings. The van der Waals surface area contributed by atoms with Crippen molar-refractivity contribution in [1.29, 1.82) is 0 Å². The standard InChI is InChI=1S/C22H25F2NO4/c23-17-3-1-2-4-20(17)29-12-9-15-7-10-22(28,11-8-15)14-25-21(27)16-5-6-19(26)18(24)13-16/h1-6,13,15,26,28H,7-12,14H2,(H,25,27)/t15-,22+. The fraction of sp³-hybridized carbons (Fsp3) is 0.409. The number of rotatable bonds is 7. The molecule has 0 bridgehead atoms. The van der Waals surface area contributed by atoms with Gasteiger partial charge in [0.25, 0.3) is 5.91 Å². The van der Waals surface area contributed by atoms with E-state index >= 15 is 0 Å². The topological polar surface area (TPSA) is 78.8 Å². The lowest BCUT2D eigenvalue weighted by atomic mass is 9.77. The monoisotopic (exact) mass is 405 g/mol. The van der Waals surface area contributed by atoms with Crippen LogP contribution in [0.3, 0.4) is 0 Å². The van der Waals surface area contributed by atoms with Gasteiger partial charge in [-0.1, -0.05) is 12.1 Å². The van der Waals surface area contributed by atoms with Gasteiger partial charge in [0.05, 0.1) is 12.2 Å². The minimum atomic E-state index is -1.01. The van der Waals surface area contributed by atoms with Gasteiger partial charge in [-0.2, -0.15) is 0 Å². The molecular weight excluding hydrogens is 380 g/mol. The minimum Gasteiger partial charge on any atom is -0.505 e. The van der Waals surface area contributed by atoms with Gasteiger partial charge in [0.1, 0.15) is 0 Å². The lowest BCUT2D eigenvalue weighted by Crippen LogP contribution is -2.45. The van der Waals surface area contributed by atoms with E-state index in [9.17, 15) is 23.8 Å². The van der Waals surface area contributed by atoms with Crippen LogP contribution in [0.4, 0.5) is 8.78 Å². The van der Waals surface area contributed by atoms with Crippen LogP contribution in [0.2, 0.25) is 0 Å². The largest absolute Gasteiger partial charge is 0.505 e. The fourth-order valence-corrected chi connectivity index (χ4v) is 3.57. The van der Waals surface area contributed by atoms with E-state index in [0.29, 0.717) is 25.4 Å². The zero-order valence-electron chi connectivity index (χ0n) is 16.0. The average Bonchev–Trinajstić information content (AvgIpc) is 2.71. The molecule has 0 aliphatic heterocycles. The molecule has 0 radical (unpaired) electrons. The number of benzene rings is 2. The highest BCUT2D eigenvalue weighted by atomic mass is 19.1. The second-order valence-electron chi connectivity index (χ2n) is 7.58. The van der Waals surface area contributed by atoms with Crippen molar-refractivity contribution in [3.63, 3.8) is 0 Å². The molecule has 2 aromatic carbocycles. The van der Waals surface area contributed by atoms with Gasteiger partial charge in [0, 0.05) is 12.1 Å². The molecule has 156 valence electrons. The Bertz CT molecular complexity index is 850. The number of hydrogen-bond acceptors (Lipinski definition) is 4. The minimum absolute atomic E-state index is 0.0762. The highest BCUT2D eigenvalue weighted by molar-refractivity contribution is 5.94. The van der Waals surface area contributed by atoms with Crippen molar-refractivity contribution < 1.29 is 28.5 Å². The zero-order valence-corrected chi connectivity index (χ0v) is 16.0. The number of amides is 1. The smallest absolute Gasteiger partial charge is 0.251 e. The van der Waals surface area contributed by atoms with E-state index < -0.39 is 23.1 Å². The van der Waals surface area contributed by atoms with Crippen LogP contribution in [0, 0.1) is 17.6 Å². The maximum atomic E-state index is 13.5. The number of hydrogen-bond donors (Lipinski definition) is 3. The van der Waals surface area contributed by atoms with E-state index in [4.69, 9.17) is 4.74 Å². The van der Waals surface area contributed by atoms with E-state index in [1.165, 1.54) is 12.1 Å². The van der Waals surface area contributed by atoms with Crippen LogP contribution in [0.15, 0.2) is 42.5 Å². The molecule has 3 N–H and O–H groups in total. The summed E-state index contributed by atoms with van der Waals surface area (Å²) in [5.74, 6) is -1.66. The number of carbonyl (C=O) groups is 1. The van der Waals surface area contributed by atoms with E-state index in [1.807, 2.05) is 0 Å². The SMILES string of the molecule is O=C(NC[C@]1(O)CC[C@@H](CCOc2ccccc2F)CC1)c1ccc(O)c(F)c1. The molecule has 5 nitrogen and oxygen atoms in total. The molecule has 0 heterocycles. The fourth-order valence-electron chi connectivity index (χ4n) is 3.57. The Hall–Kier alpha value is -2.67. The molecule has 0 aromatic heterocycles. The Morgan fingerprint density at radius 3 is 2.55 bits per heavy atom. The van der Waals surface area contributed by atoms with Crippen molar-refractivity contribution in [2.24, 2.45) is 5.92 Å². The second kappa shape index (κ2) is 9.22. The van der Waals surface area contributed by atoms with Gasteiger partial charge in [-0.15, -0.1) is 0 Å². The van der Waals surface area contributed by atoms with E-state index in [1.54, 1.807) is 18.2 Å². The average molecular weight is 405 g/mol. The van der Waals surface area contributed by atoms with E-state index in [-0.39, 0.29) is 23.7 Å². The molecule has 7 heteroatoms. The Labute approximate surface area is 168 Å². The number of carbonyl (C=O) groups excluding carboxylic acids is 1. The molecule has 3 rings (SSSR count). The van der Waals surface area contributed by atoms with E-state index in [0.717, 1.165) is 31.4 Å². The van der Waals surface area contributed by atoms with Gasteiger partial charge in [-0.25, -0.2) is 8.78 Å². The number of aliphatic hydroxyl groups is 1. The predicted molar refractivity (Wildman–Crippen MR) is 104 cm³/mol. The van der Waals surface area contributed by atoms with Crippen LogP contribution in [-0.4, -0.2) is 34.9 Å². The predicted octanol–water partition coefficient (Wildman–Crippen LogP) is 3.79. The van der Waals surface area contributed by atoms with Crippen LogP contribution >= 0.6 is 0 Å². The Morgan fingerprint density at radius 2 is 1.86 bits per heavy atom. The normalized spacial score (nSPS) is 21.6. The number of phenols is 1. The Kier molecular flexibility index (Phi) is 6.69. The number of nitrogens with one attached hydrogen (secondary N) is 1. The first-order valence-electron chi connectivity index (χ1n) is 9.73. The molecule has 1 aliphatic rings. The van der Waals surface area contributed by atoms with Crippen LogP contribution in [0.25, 0.3) is 0 Å². The summed E-state index contributed by atoms with van der Waals surface area (Å²) in [5, 5.41) is 22.5. The van der Waals surface area contributed by atoms with Crippen LogP contribution in [0.1, 0.15) is 42.5 Å². The molecule has 1 aliphatic carbocycles. The maximum absolute atomic E-state index is 13.5. The lowest BCUT2D eigenvalue weighted by molar-refractivity contribution is -0.00980. The summed E-state index contributed by atoms with van der Waals surface area (Å²) in [5.41, 5.74) is -0.920. The molecule has 0 unspecified atom stereocenters. The Morgan fingerprint density at radius 1 is 1.14 bits per heavy atom. The van der Waals surface area contributed by atoms with Crippen molar-refractivity contribution in [2.75, 3.05) is 13.2 Å². The highest BCUT2D eigenvalue weighted by Gasteiger charge is 2.33. The molecule has 1 amide bonds. The molecule has 0 atom stereocenters. The summed E-state index contributed by atoms with van der Waals surface area (Å²) < 4.78 is 32.4. The van der Waals surface area contributed by atoms with Crippen molar-refractivity contribution in [3.8, 4) is 11.5 Å². The van der Waals surface area contributed by atoms with Crippen molar-refractivity contribution >= 4 is 5.91 Å². The van der Waals surface area contributed by atoms with E-state index in [2.05, 4.69) is 5.32 Å². The first kappa shape index (κ1) is 21.0. The summed E-state index contributed by atoms with van der Waals surface area (Å²) >= 11 is 0. The maximum Gasteiger partial charge on any atom is 0.251 e. The van der Waals surface area contributed by atoms with Crippen LogP contribution in [-0.2, 0) is 0 Å². The van der Waals surface area contributed by atoms with Crippen LogP contribution < -0.4 is 10.1 Å². The van der Waals surface area contributed by atoms with Crippen molar-refractivity contribution in [2.45, 2.75) is 37.7 Å². The number of ether oxygens (including phenoxy) is 1. The molecular formula is C22H25F2NO4. The summed E-state index contributed by atoms with van der Waals surface area (Å²) in [4.78, 5) is 12.1. The van der Waals surface area contributed by atoms with Gasteiger partial charge in [-0.3, -0.25) is 4.79 Å². The third-order valence-corrected chi connectivity index (χ3v) is 5.44. The number of halogens is 2. The first-order chi connectivity index (χ1) is 13.9. The molecule has 0 spiro atoms. The summed E-state index contributed by atoms with van der Waals surface area (Å²) in [6.07, 6.45) is 3.38. The quantitative estimate of drug-likeness (QED) is 0.655. The molecule has 29 heavy (non-hydrogen) atoms. The molecule has 1 saturated carbocycles. The zero-order chi connectivity index (χ0) is 20.9. The van der Waals surface area contributed by atoms with Crippen molar-refractivity contribution in [3.05, 3.63) is 59.7 Å². The van der Waals surface area contributed by atoms with Crippen molar-refractivity contribution in [1.82, 2.24) is 5.32 Å². The van der Waals surface area contributed by atoms with Gasteiger partial charge >= 0.3 is 0 Å². The highest BCUT2D eigenvalue weighted by Crippen LogP contribution is 2.33. The molecule has 1 fully saturated rings. The lowest BCUT2D eigenvalue weighted by Gasteiger charge is -2.36. The van der Waals surface area contributed by atoms with Gasteiger partial charge < -0.3 is 20.3 Å². The van der Waals surface area contributed by atoms with Crippen LogP contribution in [0.5, 0.6) is 11.5 Å². The van der Waals surface area contributed by atoms with Gasteiger partial charge in [-0.05, 0) is 68.4 Å². The summed E-state index contributed by atoms with van der Waals surface area (Å²) in [6.45, 7) is 0.486. The summed E-state index contributed by atoms with van der Waals surface area (Å²) in [7, 11) is 0. The first-order valence-corrected chi connectivity index (χ1v) is 9.73. The third-order valence-electron chi connectivity index (χ3n) is 5.44. The van der Waals surface area contributed by atoms with Gasteiger partial charge in [0.15, 0.2) is 23.1 Å².